The average Bonchev–Trinajstić information content (AvgIpc) is 2.30. The molecule has 0 aliphatic heterocycles. The van der Waals surface area contributed by atoms with Crippen LogP contribution in [0.5, 0.6) is 5.75 Å². The maximum atomic E-state index is 6.06. The van der Waals surface area contributed by atoms with Crippen molar-refractivity contribution in [1.29, 1.82) is 0 Å². The third-order valence-electron chi connectivity index (χ3n) is 3.76. The van der Waals surface area contributed by atoms with E-state index in [-0.39, 0.29) is 5.41 Å². The molecule has 0 N–H and O–H groups in total. The van der Waals surface area contributed by atoms with Gasteiger partial charge >= 0.3 is 0 Å². The van der Waals surface area contributed by atoms with Gasteiger partial charge < -0.3 is 4.74 Å². The second kappa shape index (κ2) is 6.69. The quantitative estimate of drug-likeness (QED) is 0.739. The molecule has 1 atom stereocenters. The molecule has 0 aliphatic carbocycles. The molecule has 0 amide bonds. The molecule has 19 heavy (non-hydrogen) atoms. The third kappa shape index (κ3) is 4.76. The zero-order valence-corrected chi connectivity index (χ0v) is 14.1. The van der Waals surface area contributed by atoms with Gasteiger partial charge in [0.1, 0.15) is 5.75 Å². The van der Waals surface area contributed by atoms with Crippen LogP contribution in [0.15, 0.2) is 18.2 Å². The van der Waals surface area contributed by atoms with E-state index in [9.17, 15) is 0 Å². The molecule has 0 aliphatic rings. The third-order valence-corrected chi connectivity index (χ3v) is 4.20. The van der Waals surface area contributed by atoms with E-state index in [0.29, 0.717) is 11.8 Å². The Balaban J connectivity index is 2.79. The van der Waals surface area contributed by atoms with Crippen molar-refractivity contribution < 1.29 is 4.74 Å². The predicted molar refractivity (Wildman–Crippen MR) is 87.6 cm³/mol. The van der Waals surface area contributed by atoms with Crippen molar-refractivity contribution in [1.82, 2.24) is 0 Å². The summed E-state index contributed by atoms with van der Waals surface area (Å²) >= 11 is 4.45. The normalized spacial score (nSPS) is 13.7. The van der Waals surface area contributed by atoms with E-state index in [0.717, 1.165) is 18.1 Å². The second-order valence-corrected chi connectivity index (χ2v) is 7.10. The molecule has 1 rings (SSSR count). The Hall–Kier alpha value is -0.630. The second-order valence-electron chi connectivity index (χ2n) is 6.74. The first-order chi connectivity index (χ1) is 8.75. The van der Waals surface area contributed by atoms with E-state index >= 15 is 0 Å². The molecular formula is C17H28OS. The lowest BCUT2D eigenvalue weighted by Crippen LogP contribution is -2.28. The average molecular weight is 280 g/mol. The van der Waals surface area contributed by atoms with E-state index in [1.807, 2.05) is 0 Å². The lowest BCUT2D eigenvalue weighted by Gasteiger charge is -2.29. The first-order valence-corrected chi connectivity index (χ1v) is 7.73. The first kappa shape index (κ1) is 16.4. The van der Waals surface area contributed by atoms with E-state index < -0.39 is 0 Å². The van der Waals surface area contributed by atoms with E-state index in [1.165, 1.54) is 11.1 Å². The first-order valence-electron chi connectivity index (χ1n) is 7.10. The molecule has 0 spiro atoms. The van der Waals surface area contributed by atoms with Crippen LogP contribution >= 0.6 is 12.6 Å². The van der Waals surface area contributed by atoms with Crippen molar-refractivity contribution in [2.45, 2.75) is 47.5 Å². The number of thiol groups is 1. The Labute approximate surface area is 124 Å². The molecule has 0 saturated heterocycles. The van der Waals surface area contributed by atoms with Crippen LogP contribution in [0.4, 0.5) is 0 Å². The van der Waals surface area contributed by atoms with Crippen LogP contribution in [0.2, 0.25) is 0 Å². The van der Waals surface area contributed by atoms with Crippen molar-refractivity contribution in [3.8, 4) is 5.75 Å². The topological polar surface area (TPSA) is 9.23 Å². The minimum atomic E-state index is 0.227. The highest BCUT2D eigenvalue weighted by Gasteiger charge is 2.24. The maximum Gasteiger partial charge on any atom is 0.122 e. The van der Waals surface area contributed by atoms with Gasteiger partial charge in [0.05, 0.1) is 6.61 Å². The van der Waals surface area contributed by atoms with Gasteiger partial charge in [-0.15, -0.1) is 0 Å². The molecule has 108 valence electrons. The summed E-state index contributed by atoms with van der Waals surface area (Å²) in [4.78, 5) is 0. The highest BCUT2D eigenvalue weighted by Crippen LogP contribution is 2.29. The van der Waals surface area contributed by atoms with Gasteiger partial charge in [0.2, 0.25) is 0 Å². The summed E-state index contributed by atoms with van der Waals surface area (Å²) in [7, 11) is 0. The van der Waals surface area contributed by atoms with E-state index in [4.69, 9.17) is 4.74 Å². The summed E-state index contributed by atoms with van der Waals surface area (Å²) in [6.45, 7) is 14.0. The summed E-state index contributed by atoms with van der Waals surface area (Å²) in [5.74, 6) is 2.86. The molecule has 1 aromatic carbocycles. The Kier molecular flexibility index (Phi) is 5.79. The maximum absolute atomic E-state index is 6.06. The van der Waals surface area contributed by atoms with Gasteiger partial charge in [-0.2, -0.15) is 12.6 Å². The monoisotopic (exact) mass is 280 g/mol. The number of hydrogen-bond acceptors (Lipinski definition) is 2. The summed E-state index contributed by atoms with van der Waals surface area (Å²) in [5.41, 5.74) is 2.76. The Morgan fingerprint density at radius 1 is 1.21 bits per heavy atom. The zero-order chi connectivity index (χ0) is 14.6. The Morgan fingerprint density at radius 3 is 2.32 bits per heavy atom. The molecule has 2 heteroatoms. The van der Waals surface area contributed by atoms with Crippen molar-refractivity contribution in [3.63, 3.8) is 0 Å². The summed E-state index contributed by atoms with van der Waals surface area (Å²) in [5, 5.41) is 0. The molecule has 0 bridgehead atoms. The van der Waals surface area contributed by atoms with Crippen molar-refractivity contribution >= 4 is 12.6 Å². The van der Waals surface area contributed by atoms with Crippen LogP contribution in [-0.2, 0) is 0 Å². The molecule has 1 unspecified atom stereocenters. The van der Waals surface area contributed by atoms with Gasteiger partial charge in [0.25, 0.3) is 0 Å². The summed E-state index contributed by atoms with van der Waals surface area (Å²) < 4.78 is 6.06. The highest BCUT2D eigenvalue weighted by molar-refractivity contribution is 7.80. The van der Waals surface area contributed by atoms with E-state index in [2.05, 4.69) is 72.4 Å². The number of ether oxygens (including phenoxy) is 1. The standard InChI is InChI=1S/C17H28OS/c1-12(2)14-8-7-13(3)16(9-14)18-10-15(11-19)17(4,5)6/h7-9,12,15,19H,10-11H2,1-6H3. The number of rotatable bonds is 5. The van der Waals surface area contributed by atoms with Crippen LogP contribution in [0.1, 0.15) is 51.7 Å². The van der Waals surface area contributed by atoms with Crippen molar-refractivity contribution in [2.75, 3.05) is 12.4 Å². The van der Waals surface area contributed by atoms with Gasteiger partial charge in [-0.05, 0) is 41.2 Å². The molecule has 1 nitrogen and oxygen atoms in total. The highest BCUT2D eigenvalue weighted by atomic mass is 32.1. The lowest BCUT2D eigenvalue weighted by atomic mass is 9.82. The van der Waals surface area contributed by atoms with Crippen LogP contribution in [0.25, 0.3) is 0 Å². The SMILES string of the molecule is Cc1ccc(C(C)C)cc1OCC(CS)C(C)(C)C. The van der Waals surface area contributed by atoms with Crippen LogP contribution < -0.4 is 4.74 Å². The van der Waals surface area contributed by atoms with Crippen molar-refractivity contribution in [2.24, 2.45) is 11.3 Å². The lowest BCUT2D eigenvalue weighted by molar-refractivity contribution is 0.164. The van der Waals surface area contributed by atoms with Gasteiger partial charge in [0.15, 0.2) is 0 Å². The molecule has 0 saturated carbocycles. The van der Waals surface area contributed by atoms with Crippen LogP contribution in [0.3, 0.4) is 0 Å². The molecule has 0 fully saturated rings. The summed E-state index contributed by atoms with van der Waals surface area (Å²) in [6, 6.07) is 6.52. The van der Waals surface area contributed by atoms with Gasteiger partial charge in [-0.25, -0.2) is 0 Å². The largest absolute Gasteiger partial charge is 0.493 e. The molecule has 1 aromatic rings. The minimum Gasteiger partial charge on any atom is -0.493 e. The molecule has 0 radical (unpaired) electrons. The van der Waals surface area contributed by atoms with E-state index in [1.54, 1.807) is 0 Å². The van der Waals surface area contributed by atoms with Crippen molar-refractivity contribution in [3.05, 3.63) is 29.3 Å². The molecule has 0 aromatic heterocycles. The van der Waals surface area contributed by atoms with Gasteiger partial charge in [0, 0.05) is 5.92 Å². The van der Waals surface area contributed by atoms with Gasteiger partial charge in [-0.3, -0.25) is 0 Å². The molecular weight excluding hydrogens is 252 g/mol. The fourth-order valence-corrected chi connectivity index (χ4v) is 2.55. The Morgan fingerprint density at radius 2 is 1.84 bits per heavy atom. The van der Waals surface area contributed by atoms with Gasteiger partial charge in [-0.1, -0.05) is 46.8 Å². The number of aryl methyl sites for hydroxylation is 1. The molecule has 0 heterocycles. The Bertz CT molecular complexity index is 404. The zero-order valence-electron chi connectivity index (χ0n) is 13.2. The number of benzene rings is 1. The predicted octanol–water partition coefficient (Wildman–Crippen LogP) is 5.09. The fraction of sp³-hybridized carbons (Fsp3) is 0.647. The fourth-order valence-electron chi connectivity index (χ4n) is 1.90. The van der Waals surface area contributed by atoms with Crippen LogP contribution in [-0.4, -0.2) is 12.4 Å². The number of hydrogen-bond donors (Lipinski definition) is 1. The minimum absolute atomic E-state index is 0.227. The van der Waals surface area contributed by atoms with Crippen LogP contribution in [0, 0.1) is 18.3 Å². The summed E-state index contributed by atoms with van der Waals surface area (Å²) in [6.07, 6.45) is 0. The smallest absolute Gasteiger partial charge is 0.122 e.